The summed E-state index contributed by atoms with van der Waals surface area (Å²) in [4.78, 5) is 2.40. The summed E-state index contributed by atoms with van der Waals surface area (Å²) in [5.74, 6) is -0.145. The van der Waals surface area contributed by atoms with Gasteiger partial charge in [0.1, 0.15) is 5.82 Å². The summed E-state index contributed by atoms with van der Waals surface area (Å²) in [7, 11) is 0. The van der Waals surface area contributed by atoms with Gasteiger partial charge in [0.2, 0.25) is 0 Å². The highest BCUT2D eigenvalue weighted by atomic mass is 19.1. The van der Waals surface area contributed by atoms with Crippen LogP contribution < -0.4 is 5.32 Å². The molecule has 0 aliphatic carbocycles. The minimum atomic E-state index is -0.145. The Balaban J connectivity index is 2.02. The Morgan fingerprint density at radius 2 is 2.25 bits per heavy atom. The normalized spacial score (nSPS) is 26.9. The molecule has 2 rings (SSSR count). The second-order valence-corrected chi connectivity index (χ2v) is 4.72. The molecule has 0 aromatic heterocycles. The summed E-state index contributed by atoms with van der Waals surface area (Å²) in [5.41, 5.74) is 1.06. The molecule has 2 nitrogen and oxygen atoms in total. The predicted octanol–water partition coefficient (Wildman–Crippen LogP) is 2.01. The van der Waals surface area contributed by atoms with Gasteiger partial charge in [-0.1, -0.05) is 12.1 Å². The first-order valence-corrected chi connectivity index (χ1v) is 5.87. The summed E-state index contributed by atoms with van der Waals surface area (Å²) in [6.45, 7) is 7.27. The van der Waals surface area contributed by atoms with E-state index in [2.05, 4.69) is 24.1 Å². The smallest absolute Gasteiger partial charge is 0.123 e. The maximum Gasteiger partial charge on any atom is 0.123 e. The third kappa shape index (κ3) is 2.80. The molecule has 0 bridgehead atoms. The van der Waals surface area contributed by atoms with E-state index in [1.54, 1.807) is 12.1 Å². The molecule has 0 radical (unpaired) electrons. The second-order valence-electron chi connectivity index (χ2n) is 4.72. The maximum absolute atomic E-state index is 13.1. The first-order valence-electron chi connectivity index (χ1n) is 5.87. The number of hydrogen-bond donors (Lipinski definition) is 1. The number of nitrogens with zero attached hydrogens (tertiary/aromatic N) is 1. The summed E-state index contributed by atoms with van der Waals surface area (Å²) in [6.07, 6.45) is 0. The average Bonchev–Trinajstić information content (AvgIpc) is 2.24. The van der Waals surface area contributed by atoms with Crippen molar-refractivity contribution in [1.82, 2.24) is 10.2 Å². The van der Waals surface area contributed by atoms with Crippen LogP contribution in [-0.4, -0.2) is 30.1 Å². The van der Waals surface area contributed by atoms with Gasteiger partial charge in [-0.25, -0.2) is 4.39 Å². The number of halogens is 1. The van der Waals surface area contributed by atoms with Crippen molar-refractivity contribution in [3.05, 3.63) is 35.6 Å². The molecule has 0 saturated carbocycles. The van der Waals surface area contributed by atoms with E-state index in [-0.39, 0.29) is 5.82 Å². The number of rotatable bonds is 2. The topological polar surface area (TPSA) is 15.3 Å². The standard InChI is InChI=1S/C13H19FN2/c1-10-8-16(11(2)7-15-10)9-12-4-3-5-13(14)6-12/h3-6,10-11,15H,7-9H2,1-2H3. The fraction of sp³-hybridized carbons (Fsp3) is 0.538. The molecule has 0 amide bonds. The Morgan fingerprint density at radius 1 is 1.44 bits per heavy atom. The van der Waals surface area contributed by atoms with Crippen LogP contribution >= 0.6 is 0 Å². The molecule has 16 heavy (non-hydrogen) atoms. The van der Waals surface area contributed by atoms with Crippen molar-refractivity contribution >= 4 is 0 Å². The molecule has 1 aliphatic heterocycles. The highest BCUT2D eigenvalue weighted by molar-refractivity contribution is 5.16. The van der Waals surface area contributed by atoms with Crippen LogP contribution in [0.4, 0.5) is 4.39 Å². The van der Waals surface area contributed by atoms with Crippen LogP contribution in [0.1, 0.15) is 19.4 Å². The molecule has 1 aliphatic rings. The highest BCUT2D eigenvalue weighted by Crippen LogP contribution is 2.13. The van der Waals surface area contributed by atoms with E-state index in [0.717, 1.165) is 25.2 Å². The minimum Gasteiger partial charge on any atom is -0.311 e. The zero-order valence-electron chi connectivity index (χ0n) is 9.91. The third-order valence-electron chi connectivity index (χ3n) is 3.17. The molecule has 1 aromatic rings. The van der Waals surface area contributed by atoms with Crippen molar-refractivity contribution in [3.63, 3.8) is 0 Å². The van der Waals surface area contributed by atoms with Crippen molar-refractivity contribution in [2.24, 2.45) is 0 Å². The number of hydrogen-bond acceptors (Lipinski definition) is 2. The van der Waals surface area contributed by atoms with Gasteiger partial charge in [0.05, 0.1) is 0 Å². The van der Waals surface area contributed by atoms with E-state index in [1.807, 2.05) is 6.07 Å². The zero-order chi connectivity index (χ0) is 11.5. The van der Waals surface area contributed by atoms with E-state index in [1.165, 1.54) is 6.07 Å². The summed E-state index contributed by atoms with van der Waals surface area (Å²) in [5, 5.41) is 3.44. The molecule has 1 aromatic carbocycles. The van der Waals surface area contributed by atoms with Gasteiger partial charge in [0, 0.05) is 31.7 Å². The van der Waals surface area contributed by atoms with Crippen molar-refractivity contribution in [3.8, 4) is 0 Å². The zero-order valence-corrected chi connectivity index (χ0v) is 9.91. The van der Waals surface area contributed by atoms with Gasteiger partial charge < -0.3 is 5.32 Å². The lowest BCUT2D eigenvalue weighted by molar-refractivity contribution is 0.138. The Hall–Kier alpha value is -0.930. The van der Waals surface area contributed by atoms with E-state index in [0.29, 0.717) is 12.1 Å². The first kappa shape index (κ1) is 11.6. The molecule has 0 spiro atoms. The van der Waals surface area contributed by atoms with Gasteiger partial charge in [-0.2, -0.15) is 0 Å². The van der Waals surface area contributed by atoms with Gasteiger partial charge in [-0.3, -0.25) is 4.90 Å². The monoisotopic (exact) mass is 222 g/mol. The van der Waals surface area contributed by atoms with Crippen LogP contribution in [0.15, 0.2) is 24.3 Å². The van der Waals surface area contributed by atoms with Gasteiger partial charge in [-0.15, -0.1) is 0 Å². The molecule has 1 saturated heterocycles. The molecule has 1 heterocycles. The van der Waals surface area contributed by atoms with Crippen molar-refractivity contribution < 1.29 is 4.39 Å². The molecular weight excluding hydrogens is 203 g/mol. The lowest BCUT2D eigenvalue weighted by Gasteiger charge is -2.37. The lowest BCUT2D eigenvalue weighted by Crippen LogP contribution is -2.53. The van der Waals surface area contributed by atoms with Crippen LogP contribution in [-0.2, 0) is 6.54 Å². The Labute approximate surface area is 96.5 Å². The number of piperazine rings is 1. The average molecular weight is 222 g/mol. The first-order chi connectivity index (χ1) is 7.65. The quantitative estimate of drug-likeness (QED) is 0.823. The van der Waals surface area contributed by atoms with Crippen LogP contribution in [0, 0.1) is 5.82 Å². The maximum atomic E-state index is 13.1. The summed E-state index contributed by atoms with van der Waals surface area (Å²) >= 11 is 0. The Kier molecular flexibility index (Phi) is 3.56. The van der Waals surface area contributed by atoms with E-state index in [9.17, 15) is 4.39 Å². The second kappa shape index (κ2) is 4.93. The van der Waals surface area contributed by atoms with E-state index in [4.69, 9.17) is 0 Å². The van der Waals surface area contributed by atoms with Crippen molar-refractivity contribution in [2.45, 2.75) is 32.5 Å². The van der Waals surface area contributed by atoms with Crippen LogP contribution in [0.2, 0.25) is 0 Å². The molecule has 1 fully saturated rings. The molecule has 2 atom stereocenters. The van der Waals surface area contributed by atoms with Gasteiger partial charge in [-0.05, 0) is 31.5 Å². The highest BCUT2D eigenvalue weighted by Gasteiger charge is 2.22. The van der Waals surface area contributed by atoms with Crippen molar-refractivity contribution in [2.75, 3.05) is 13.1 Å². The van der Waals surface area contributed by atoms with E-state index < -0.39 is 0 Å². The number of benzene rings is 1. The van der Waals surface area contributed by atoms with Crippen LogP contribution in [0.5, 0.6) is 0 Å². The molecule has 1 N–H and O–H groups in total. The molecule has 88 valence electrons. The Bertz CT molecular complexity index is 354. The summed E-state index contributed by atoms with van der Waals surface area (Å²) in [6, 6.07) is 7.92. The predicted molar refractivity (Wildman–Crippen MR) is 63.7 cm³/mol. The largest absolute Gasteiger partial charge is 0.311 e. The van der Waals surface area contributed by atoms with Crippen molar-refractivity contribution in [1.29, 1.82) is 0 Å². The fourth-order valence-corrected chi connectivity index (χ4v) is 2.19. The van der Waals surface area contributed by atoms with Gasteiger partial charge in [0.25, 0.3) is 0 Å². The minimum absolute atomic E-state index is 0.145. The van der Waals surface area contributed by atoms with E-state index >= 15 is 0 Å². The third-order valence-corrected chi connectivity index (χ3v) is 3.17. The lowest BCUT2D eigenvalue weighted by atomic mass is 10.1. The Morgan fingerprint density at radius 3 is 3.00 bits per heavy atom. The van der Waals surface area contributed by atoms with Gasteiger partial charge in [0.15, 0.2) is 0 Å². The molecular formula is C13H19FN2. The number of nitrogens with one attached hydrogen (secondary N) is 1. The molecule has 3 heteroatoms. The molecule has 2 unspecified atom stereocenters. The SMILES string of the molecule is CC1CN(Cc2cccc(F)c2)C(C)CN1. The summed E-state index contributed by atoms with van der Waals surface area (Å²) < 4.78 is 13.1. The van der Waals surface area contributed by atoms with Crippen LogP contribution in [0.25, 0.3) is 0 Å². The fourth-order valence-electron chi connectivity index (χ4n) is 2.19. The van der Waals surface area contributed by atoms with Crippen LogP contribution in [0.3, 0.4) is 0 Å². The van der Waals surface area contributed by atoms with Gasteiger partial charge >= 0.3 is 0 Å².